The molecule has 112 valence electrons. The summed E-state index contributed by atoms with van der Waals surface area (Å²) in [6.07, 6.45) is 4.14. The lowest BCUT2D eigenvalue weighted by Gasteiger charge is -2.25. The fourth-order valence-corrected chi connectivity index (χ4v) is 3.43. The highest BCUT2D eigenvalue weighted by molar-refractivity contribution is 5.85. The van der Waals surface area contributed by atoms with Crippen LogP contribution < -0.4 is 5.32 Å². The summed E-state index contributed by atoms with van der Waals surface area (Å²) in [4.78, 5) is 0. The Hall–Kier alpha value is -1.38. The van der Waals surface area contributed by atoms with Crippen LogP contribution in [0.2, 0.25) is 0 Å². The topological polar surface area (TPSA) is 21.3 Å². The van der Waals surface area contributed by atoms with Gasteiger partial charge in [0.2, 0.25) is 0 Å². The minimum atomic E-state index is 0.346. The molecule has 0 aliphatic carbocycles. The molecule has 0 radical (unpaired) electrons. The monoisotopic (exact) mass is 283 g/mol. The van der Waals surface area contributed by atoms with Gasteiger partial charge in [0.15, 0.2) is 0 Å². The van der Waals surface area contributed by atoms with Crippen molar-refractivity contribution in [3.8, 4) is 0 Å². The number of benzene rings is 2. The quantitative estimate of drug-likeness (QED) is 0.897. The third kappa shape index (κ3) is 3.28. The zero-order chi connectivity index (χ0) is 14.7. The molecule has 2 nitrogen and oxygen atoms in total. The highest BCUT2D eigenvalue weighted by Gasteiger charge is 2.29. The molecule has 3 rings (SSSR count). The van der Waals surface area contributed by atoms with Crippen LogP contribution in [0.1, 0.15) is 32.3 Å². The maximum absolute atomic E-state index is 6.10. The van der Waals surface area contributed by atoms with Crippen LogP contribution in [-0.4, -0.2) is 24.8 Å². The fraction of sp³-hybridized carbons (Fsp3) is 0.474. The normalized spacial score (nSPS) is 23.5. The Labute approximate surface area is 127 Å². The van der Waals surface area contributed by atoms with E-state index in [1.165, 1.54) is 29.2 Å². The minimum Gasteiger partial charge on any atom is -0.374 e. The van der Waals surface area contributed by atoms with E-state index in [0.717, 1.165) is 13.0 Å². The second kappa shape index (κ2) is 6.59. The average molecular weight is 283 g/mol. The van der Waals surface area contributed by atoms with E-state index in [-0.39, 0.29) is 0 Å². The molecule has 3 unspecified atom stereocenters. The molecule has 2 aromatic carbocycles. The minimum absolute atomic E-state index is 0.346. The maximum Gasteiger partial charge on any atom is 0.0735 e. The Morgan fingerprint density at radius 2 is 1.95 bits per heavy atom. The molecule has 0 amide bonds. The number of likely N-dealkylation sites (N-methyl/N-ethyl adjacent to an activating group) is 1. The number of ether oxygens (including phenoxy) is 1. The molecule has 2 heteroatoms. The Bertz CT molecular complexity index is 590. The van der Waals surface area contributed by atoms with Crippen molar-refractivity contribution in [2.24, 2.45) is 0 Å². The van der Waals surface area contributed by atoms with Gasteiger partial charge in [-0.15, -0.1) is 0 Å². The van der Waals surface area contributed by atoms with Gasteiger partial charge in [0.05, 0.1) is 12.2 Å². The third-order valence-corrected chi connectivity index (χ3v) is 4.50. The van der Waals surface area contributed by atoms with Gasteiger partial charge >= 0.3 is 0 Å². The van der Waals surface area contributed by atoms with Crippen LogP contribution in [0.15, 0.2) is 42.5 Å². The van der Waals surface area contributed by atoms with Crippen LogP contribution in [0.4, 0.5) is 0 Å². The van der Waals surface area contributed by atoms with Crippen molar-refractivity contribution in [1.82, 2.24) is 5.32 Å². The van der Waals surface area contributed by atoms with Crippen LogP contribution in [0.25, 0.3) is 10.8 Å². The first kappa shape index (κ1) is 14.6. The van der Waals surface area contributed by atoms with Crippen molar-refractivity contribution < 1.29 is 4.74 Å². The van der Waals surface area contributed by atoms with Gasteiger partial charge in [0.25, 0.3) is 0 Å². The molecule has 1 N–H and O–H groups in total. The summed E-state index contributed by atoms with van der Waals surface area (Å²) in [6.45, 7) is 5.35. The van der Waals surface area contributed by atoms with Crippen LogP contribution in [-0.2, 0) is 11.2 Å². The van der Waals surface area contributed by atoms with E-state index < -0.39 is 0 Å². The molecular formula is C19H25NO. The molecule has 0 aromatic heterocycles. The molecule has 1 aliphatic rings. The Kier molecular flexibility index (Phi) is 4.57. The van der Waals surface area contributed by atoms with Crippen LogP contribution in [0.3, 0.4) is 0 Å². The van der Waals surface area contributed by atoms with Gasteiger partial charge in [-0.05, 0) is 49.1 Å². The van der Waals surface area contributed by atoms with Crippen molar-refractivity contribution in [2.45, 2.75) is 51.4 Å². The van der Waals surface area contributed by atoms with Crippen molar-refractivity contribution in [1.29, 1.82) is 0 Å². The molecule has 0 bridgehead atoms. The third-order valence-electron chi connectivity index (χ3n) is 4.50. The van der Waals surface area contributed by atoms with Crippen molar-refractivity contribution >= 4 is 10.8 Å². The lowest BCUT2D eigenvalue weighted by Crippen LogP contribution is -2.41. The molecule has 1 heterocycles. The summed E-state index contributed by atoms with van der Waals surface area (Å²) in [5.74, 6) is 0. The molecular weight excluding hydrogens is 258 g/mol. The van der Waals surface area contributed by atoms with Crippen LogP contribution in [0, 0.1) is 0 Å². The van der Waals surface area contributed by atoms with Crippen LogP contribution >= 0.6 is 0 Å². The fourth-order valence-electron chi connectivity index (χ4n) is 3.43. The number of fused-ring (bicyclic) bond motifs is 1. The molecule has 3 atom stereocenters. The van der Waals surface area contributed by atoms with E-state index in [2.05, 4.69) is 61.6 Å². The number of rotatable bonds is 5. The smallest absolute Gasteiger partial charge is 0.0735 e. The molecule has 21 heavy (non-hydrogen) atoms. The first-order chi connectivity index (χ1) is 10.3. The summed E-state index contributed by atoms with van der Waals surface area (Å²) in [5, 5.41) is 6.33. The number of hydrogen-bond acceptors (Lipinski definition) is 2. The Morgan fingerprint density at radius 1 is 1.14 bits per heavy atom. The molecule has 1 fully saturated rings. The molecule has 0 saturated carbocycles. The van der Waals surface area contributed by atoms with Gasteiger partial charge in [0.1, 0.15) is 0 Å². The van der Waals surface area contributed by atoms with Gasteiger partial charge in [-0.25, -0.2) is 0 Å². The summed E-state index contributed by atoms with van der Waals surface area (Å²) in [6, 6.07) is 15.7. The van der Waals surface area contributed by atoms with Gasteiger partial charge < -0.3 is 10.1 Å². The first-order valence-electron chi connectivity index (χ1n) is 8.13. The van der Waals surface area contributed by atoms with Gasteiger partial charge in [-0.3, -0.25) is 0 Å². The number of nitrogens with one attached hydrogen (secondary N) is 1. The molecule has 1 aliphatic heterocycles. The zero-order valence-corrected chi connectivity index (χ0v) is 13.0. The first-order valence-corrected chi connectivity index (χ1v) is 8.13. The van der Waals surface area contributed by atoms with E-state index in [1.807, 2.05) is 0 Å². The van der Waals surface area contributed by atoms with Gasteiger partial charge in [-0.1, -0.05) is 49.4 Å². The van der Waals surface area contributed by atoms with Gasteiger partial charge in [-0.2, -0.15) is 0 Å². The second-order valence-electron chi connectivity index (χ2n) is 6.07. The van der Waals surface area contributed by atoms with Crippen molar-refractivity contribution in [2.75, 3.05) is 6.54 Å². The zero-order valence-electron chi connectivity index (χ0n) is 13.0. The summed E-state index contributed by atoms with van der Waals surface area (Å²) in [7, 11) is 0. The van der Waals surface area contributed by atoms with E-state index >= 15 is 0 Å². The average Bonchev–Trinajstić information content (AvgIpc) is 2.94. The lowest BCUT2D eigenvalue weighted by atomic mass is 9.95. The van der Waals surface area contributed by atoms with Gasteiger partial charge in [0, 0.05) is 6.04 Å². The summed E-state index contributed by atoms with van der Waals surface area (Å²) < 4.78 is 6.10. The Balaban J connectivity index is 1.84. The predicted molar refractivity (Wildman–Crippen MR) is 88.7 cm³/mol. The summed E-state index contributed by atoms with van der Waals surface area (Å²) >= 11 is 0. The standard InChI is InChI=1S/C19H25NO/c1-3-20-18(19-12-11-14(2)21-19)13-16-9-6-8-15-7-4-5-10-17(15)16/h4-10,14,18-20H,3,11-13H2,1-2H3. The molecule has 2 aromatic rings. The van der Waals surface area contributed by atoms with E-state index in [4.69, 9.17) is 4.74 Å². The highest BCUT2D eigenvalue weighted by atomic mass is 16.5. The predicted octanol–water partition coefficient (Wildman–Crippen LogP) is 3.93. The van der Waals surface area contributed by atoms with Crippen LogP contribution in [0.5, 0.6) is 0 Å². The highest BCUT2D eigenvalue weighted by Crippen LogP contribution is 2.26. The Morgan fingerprint density at radius 3 is 2.71 bits per heavy atom. The largest absolute Gasteiger partial charge is 0.374 e. The summed E-state index contributed by atoms with van der Waals surface area (Å²) in [5.41, 5.74) is 1.42. The second-order valence-corrected chi connectivity index (χ2v) is 6.07. The van der Waals surface area contributed by atoms with E-state index in [0.29, 0.717) is 18.2 Å². The van der Waals surface area contributed by atoms with Crippen molar-refractivity contribution in [3.63, 3.8) is 0 Å². The SMILES string of the molecule is CCNC(Cc1cccc2ccccc12)C1CCC(C)O1. The van der Waals surface area contributed by atoms with E-state index in [1.54, 1.807) is 0 Å². The maximum atomic E-state index is 6.10. The molecule has 1 saturated heterocycles. The molecule has 0 spiro atoms. The lowest BCUT2D eigenvalue weighted by molar-refractivity contribution is 0.0325. The van der Waals surface area contributed by atoms with E-state index in [9.17, 15) is 0 Å². The van der Waals surface area contributed by atoms with Crippen molar-refractivity contribution in [3.05, 3.63) is 48.0 Å². The number of hydrogen-bond donors (Lipinski definition) is 1.